The largest absolute Gasteiger partial charge is 0.494 e. The SMILES string of the molecule is CCOc1ccc(NC(=O)CNC(=O)Cn2c(SC(F)F)nc3ccccc32)cc1. The highest BCUT2D eigenvalue weighted by Crippen LogP contribution is 2.28. The molecule has 2 amide bonds. The van der Waals surface area contributed by atoms with Gasteiger partial charge in [0, 0.05) is 5.69 Å². The molecule has 158 valence electrons. The number of para-hydroxylation sites is 2. The van der Waals surface area contributed by atoms with E-state index in [9.17, 15) is 18.4 Å². The van der Waals surface area contributed by atoms with E-state index in [1.165, 1.54) is 4.57 Å². The number of amides is 2. The highest BCUT2D eigenvalue weighted by atomic mass is 32.2. The second kappa shape index (κ2) is 10.1. The third-order valence-electron chi connectivity index (χ3n) is 4.01. The molecule has 0 radical (unpaired) electrons. The van der Waals surface area contributed by atoms with Gasteiger partial charge in [-0.1, -0.05) is 12.1 Å². The molecule has 0 aliphatic carbocycles. The number of hydrogen-bond donors (Lipinski definition) is 2. The molecule has 1 heterocycles. The van der Waals surface area contributed by atoms with Crippen molar-refractivity contribution in [3.05, 3.63) is 48.5 Å². The van der Waals surface area contributed by atoms with Crippen LogP contribution in [0.25, 0.3) is 11.0 Å². The van der Waals surface area contributed by atoms with Crippen LogP contribution in [0.2, 0.25) is 0 Å². The summed E-state index contributed by atoms with van der Waals surface area (Å²) in [4.78, 5) is 28.5. The first-order chi connectivity index (χ1) is 14.5. The van der Waals surface area contributed by atoms with Gasteiger partial charge in [-0.3, -0.25) is 9.59 Å². The van der Waals surface area contributed by atoms with Gasteiger partial charge in [0.1, 0.15) is 12.3 Å². The monoisotopic (exact) mass is 434 g/mol. The fourth-order valence-corrected chi connectivity index (χ4v) is 3.36. The molecule has 10 heteroatoms. The lowest BCUT2D eigenvalue weighted by atomic mass is 10.3. The summed E-state index contributed by atoms with van der Waals surface area (Å²) in [7, 11) is 0. The van der Waals surface area contributed by atoms with Gasteiger partial charge in [-0.15, -0.1) is 0 Å². The second-order valence-electron chi connectivity index (χ2n) is 6.13. The van der Waals surface area contributed by atoms with Gasteiger partial charge >= 0.3 is 0 Å². The van der Waals surface area contributed by atoms with E-state index in [-0.39, 0.29) is 30.0 Å². The van der Waals surface area contributed by atoms with Gasteiger partial charge in [0.25, 0.3) is 5.76 Å². The van der Waals surface area contributed by atoms with Gasteiger partial charge in [-0.05, 0) is 55.1 Å². The number of thioether (sulfide) groups is 1. The van der Waals surface area contributed by atoms with Crippen LogP contribution in [0.1, 0.15) is 6.92 Å². The van der Waals surface area contributed by atoms with Gasteiger partial charge in [0.05, 0.1) is 24.2 Å². The van der Waals surface area contributed by atoms with E-state index in [4.69, 9.17) is 4.74 Å². The van der Waals surface area contributed by atoms with E-state index < -0.39 is 17.6 Å². The predicted octanol–water partition coefficient (Wildman–Crippen LogP) is 3.50. The average Bonchev–Trinajstić information content (AvgIpc) is 3.04. The van der Waals surface area contributed by atoms with Crippen LogP contribution < -0.4 is 15.4 Å². The minimum Gasteiger partial charge on any atom is -0.494 e. The summed E-state index contributed by atoms with van der Waals surface area (Å²) in [6.07, 6.45) is 0. The lowest BCUT2D eigenvalue weighted by Gasteiger charge is -2.10. The van der Waals surface area contributed by atoms with Crippen LogP contribution >= 0.6 is 11.8 Å². The molecule has 0 saturated heterocycles. The van der Waals surface area contributed by atoms with Crippen LogP contribution in [0, 0.1) is 0 Å². The van der Waals surface area contributed by atoms with Crippen molar-refractivity contribution in [1.82, 2.24) is 14.9 Å². The van der Waals surface area contributed by atoms with Crippen molar-refractivity contribution < 1.29 is 23.1 Å². The molecule has 0 saturated carbocycles. The lowest BCUT2D eigenvalue weighted by Crippen LogP contribution is -2.35. The Hall–Kier alpha value is -3.14. The molecule has 1 aromatic heterocycles. The number of anilines is 1. The standard InChI is InChI=1S/C20H20F2N4O3S/c1-2-29-14-9-7-13(8-10-14)24-17(27)11-23-18(28)12-26-16-6-4-3-5-15(16)25-20(26)30-19(21)22/h3-10,19H,2,11-12H2,1H3,(H,23,28)(H,24,27). The molecule has 3 rings (SSSR count). The van der Waals surface area contributed by atoms with E-state index >= 15 is 0 Å². The average molecular weight is 434 g/mol. The van der Waals surface area contributed by atoms with Crippen molar-refractivity contribution in [2.24, 2.45) is 0 Å². The van der Waals surface area contributed by atoms with Crippen LogP contribution in [0.5, 0.6) is 5.75 Å². The molecule has 0 unspecified atom stereocenters. The minimum absolute atomic E-state index is 0.0418. The van der Waals surface area contributed by atoms with Crippen LogP contribution in [0.4, 0.5) is 14.5 Å². The topological polar surface area (TPSA) is 85.3 Å². The van der Waals surface area contributed by atoms with Gasteiger partial charge in [0.2, 0.25) is 11.8 Å². The van der Waals surface area contributed by atoms with E-state index in [1.807, 2.05) is 6.92 Å². The number of carbonyl (C=O) groups is 2. The molecular weight excluding hydrogens is 414 g/mol. The highest BCUT2D eigenvalue weighted by Gasteiger charge is 2.18. The summed E-state index contributed by atoms with van der Waals surface area (Å²) < 4.78 is 32.4. The molecule has 2 aromatic carbocycles. The van der Waals surface area contributed by atoms with Crippen LogP contribution in [-0.4, -0.2) is 40.3 Å². The number of ether oxygens (including phenoxy) is 1. The van der Waals surface area contributed by atoms with E-state index in [1.54, 1.807) is 48.5 Å². The maximum atomic E-state index is 12.8. The third-order valence-corrected chi connectivity index (χ3v) is 4.71. The Bertz CT molecular complexity index is 1020. The van der Waals surface area contributed by atoms with Crippen LogP contribution in [0.15, 0.2) is 53.7 Å². The number of rotatable bonds is 9. The van der Waals surface area contributed by atoms with Gasteiger partial charge in [-0.2, -0.15) is 8.78 Å². The zero-order chi connectivity index (χ0) is 21.5. The number of alkyl halides is 2. The molecular formula is C20H20F2N4O3S. The van der Waals surface area contributed by atoms with Crippen molar-refractivity contribution in [3.8, 4) is 5.75 Å². The molecule has 2 N–H and O–H groups in total. The van der Waals surface area contributed by atoms with Crippen molar-refractivity contribution in [1.29, 1.82) is 0 Å². The van der Waals surface area contributed by atoms with Crippen molar-refractivity contribution in [2.75, 3.05) is 18.5 Å². The number of nitrogens with zero attached hydrogens (tertiary/aromatic N) is 2. The smallest absolute Gasteiger partial charge is 0.291 e. The molecule has 0 aliphatic heterocycles. The highest BCUT2D eigenvalue weighted by molar-refractivity contribution is 7.99. The minimum atomic E-state index is -2.66. The zero-order valence-corrected chi connectivity index (χ0v) is 16.9. The molecule has 3 aromatic rings. The van der Waals surface area contributed by atoms with E-state index in [0.717, 1.165) is 0 Å². The first-order valence-corrected chi connectivity index (χ1v) is 10.0. The molecule has 0 fully saturated rings. The summed E-state index contributed by atoms with van der Waals surface area (Å²) in [6, 6.07) is 13.7. The first kappa shape index (κ1) is 21.6. The Labute approximate surface area is 175 Å². The van der Waals surface area contributed by atoms with Gasteiger partial charge in [0.15, 0.2) is 5.16 Å². The Morgan fingerprint density at radius 2 is 1.87 bits per heavy atom. The Kier molecular flexibility index (Phi) is 7.23. The second-order valence-corrected chi connectivity index (χ2v) is 7.09. The number of fused-ring (bicyclic) bond motifs is 1. The van der Waals surface area contributed by atoms with Crippen molar-refractivity contribution in [2.45, 2.75) is 24.4 Å². The molecule has 30 heavy (non-hydrogen) atoms. The zero-order valence-electron chi connectivity index (χ0n) is 16.1. The first-order valence-electron chi connectivity index (χ1n) is 9.15. The van der Waals surface area contributed by atoms with Gasteiger partial charge < -0.3 is 19.9 Å². The van der Waals surface area contributed by atoms with Crippen LogP contribution in [-0.2, 0) is 16.1 Å². The van der Waals surface area contributed by atoms with Crippen molar-refractivity contribution >= 4 is 40.3 Å². The number of carbonyl (C=O) groups excluding carboxylic acids is 2. The Morgan fingerprint density at radius 3 is 2.57 bits per heavy atom. The quantitative estimate of drug-likeness (QED) is 0.504. The molecule has 0 aliphatic rings. The number of halogens is 2. The van der Waals surface area contributed by atoms with Gasteiger partial charge in [-0.25, -0.2) is 4.98 Å². The van der Waals surface area contributed by atoms with Crippen molar-refractivity contribution in [3.63, 3.8) is 0 Å². The number of aromatic nitrogens is 2. The lowest BCUT2D eigenvalue weighted by molar-refractivity contribution is -0.124. The summed E-state index contributed by atoms with van der Waals surface area (Å²) in [5.41, 5.74) is 1.64. The fraction of sp³-hybridized carbons (Fsp3) is 0.250. The predicted molar refractivity (Wildman–Crippen MR) is 111 cm³/mol. The maximum absolute atomic E-state index is 12.8. The number of hydrogen-bond acceptors (Lipinski definition) is 5. The maximum Gasteiger partial charge on any atom is 0.291 e. The summed E-state index contributed by atoms with van der Waals surface area (Å²) >= 11 is 0.272. The Balaban J connectivity index is 1.58. The summed E-state index contributed by atoms with van der Waals surface area (Å²) in [5.74, 6) is -2.88. The fourth-order valence-electron chi connectivity index (χ4n) is 2.76. The summed E-state index contributed by atoms with van der Waals surface area (Å²) in [6.45, 7) is 1.93. The molecule has 0 spiro atoms. The van der Waals surface area contributed by atoms with E-state index in [2.05, 4.69) is 15.6 Å². The number of imidazole rings is 1. The van der Waals surface area contributed by atoms with E-state index in [0.29, 0.717) is 29.1 Å². The summed E-state index contributed by atoms with van der Waals surface area (Å²) in [5, 5.41) is 5.20. The molecule has 7 nitrogen and oxygen atoms in total. The number of benzene rings is 2. The molecule has 0 atom stereocenters. The normalized spacial score (nSPS) is 10.9. The number of nitrogens with one attached hydrogen (secondary N) is 2. The Morgan fingerprint density at radius 1 is 1.13 bits per heavy atom. The molecule has 0 bridgehead atoms. The third kappa shape index (κ3) is 5.69. The van der Waals surface area contributed by atoms with Crippen LogP contribution in [0.3, 0.4) is 0 Å².